The second-order valence-electron chi connectivity index (χ2n) is 10.8. The summed E-state index contributed by atoms with van der Waals surface area (Å²) in [5.41, 5.74) is 2.62. The third kappa shape index (κ3) is 4.92. The Labute approximate surface area is 231 Å². The van der Waals surface area contributed by atoms with Gasteiger partial charge in [0.25, 0.3) is 11.8 Å². The van der Waals surface area contributed by atoms with E-state index < -0.39 is 23.8 Å². The van der Waals surface area contributed by atoms with E-state index in [9.17, 15) is 24.0 Å². The summed E-state index contributed by atoms with van der Waals surface area (Å²) in [6, 6.07) is 11.9. The smallest absolute Gasteiger partial charge is 0.308 e. The summed E-state index contributed by atoms with van der Waals surface area (Å²) in [5.74, 6) is -1.15. The van der Waals surface area contributed by atoms with Crippen molar-refractivity contribution >= 4 is 41.0 Å². The predicted octanol–water partition coefficient (Wildman–Crippen LogP) is 1.27. The molecule has 0 spiro atoms. The average Bonchev–Trinajstić information content (AvgIpc) is 3.16. The highest BCUT2D eigenvalue weighted by molar-refractivity contribution is 6.23. The van der Waals surface area contributed by atoms with E-state index in [0.717, 1.165) is 62.1 Å². The minimum atomic E-state index is -0.959. The summed E-state index contributed by atoms with van der Waals surface area (Å²) in [6.45, 7) is 7.81. The van der Waals surface area contributed by atoms with Crippen LogP contribution in [-0.2, 0) is 14.4 Å². The van der Waals surface area contributed by atoms with Gasteiger partial charge in [0.05, 0.1) is 11.1 Å². The molecule has 4 aliphatic rings. The number of carbonyl (C=O) groups is 5. The van der Waals surface area contributed by atoms with Gasteiger partial charge in [-0.1, -0.05) is 0 Å². The van der Waals surface area contributed by atoms with Crippen LogP contribution in [0.2, 0.25) is 0 Å². The molecule has 3 saturated heterocycles. The van der Waals surface area contributed by atoms with E-state index >= 15 is 0 Å². The Morgan fingerprint density at radius 1 is 0.875 bits per heavy atom. The summed E-state index contributed by atoms with van der Waals surface area (Å²) in [6.07, 6.45) is 0.245. The van der Waals surface area contributed by atoms with Gasteiger partial charge in [0.1, 0.15) is 11.8 Å². The van der Waals surface area contributed by atoms with Crippen LogP contribution in [0.1, 0.15) is 40.5 Å². The standard InChI is InChI=1S/C29H31N5O6/c1-18(35)40-22-5-2-20(3-6-22)33-16-19(17-33)15-31-10-12-32(13-11-31)21-4-7-23-24(14-21)29(39)34(28(23)38)25-8-9-26(36)30-27(25)37/h2-7,14,19,25H,8-13,15-17H2,1H3,(H,30,36,37). The first kappa shape index (κ1) is 26.0. The number of ether oxygens (including phenoxy) is 1. The lowest BCUT2D eigenvalue weighted by atomic mass is 9.98. The number of fused-ring (bicyclic) bond motifs is 1. The Morgan fingerprint density at radius 2 is 1.55 bits per heavy atom. The van der Waals surface area contributed by atoms with Crippen LogP contribution in [0.25, 0.3) is 0 Å². The second-order valence-corrected chi connectivity index (χ2v) is 10.8. The van der Waals surface area contributed by atoms with E-state index in [1.165, 1.54) is 6.92 Å². The van der Waals surface area contributed by atoms with E-state index in [-0.39, 0.29) is 24.7 Å². The molecular weight excluding hydrogens is 514 g/mol. The Bertz CT molecular complexity index is 1380. The third-order valence-corrected chi connectivity index (χ3v) is 8.10. The first-order chi connectivity index (χ1) is 19.3. The van der Waals surface area contributed by atoms with Gasteiger partial charge in [0.2, 0.25) is 11.8 Å². The van der Waals surface area contributed by atoms with Crippen LogP contribution < -0.4 is 19.9 Å². The zero-order chi connectivity index (χ0) is 28.0. The summed E-state index contributed by atoms with van der Waals surface area (Å²) >= 11 is 0. The molecule has 0 radical (unpaired) electrons. The lowest BCUT2D eigenvalue weighted by Gasteiger charge is -2.45. The topological polar surface area (TPSA) is 120 Å². The number of amides is 4. The van der Waals surface area contributed by atoms with Crippen LogP contribution in [-0.4, -0.2) is 91.3 Å². The number of nitrogens with zero attached hydrogens (tertiary/aromatic N) is 4. The van der Waals surface area contributed by atoms with Crippen molar-refractivity contribution in [3.63, 3.8) is 0 Å². The number of piperidine rings is 1. The van der Waals surface area contributed by atoms with Gasteiger partial charge in [-0.15, -0.1) is 0 Å². The molecule has 11 nitrogen and oxygen atoms in total. The first-order valence-electron chi connectivity index (χ1n) is 13.6. The number of rotatable bonds is 6. The molecule has 3 fully saturated rings. The fourth-order valence-corrected chi connectivity index (χ4v) is 6.00. The van der Waals surface area contributed by atoms with Gasteiger partial charge in [0, 0.05) is 76.5 Å². The number of anilines is 2. The van der Waals surface area contributed by atoms with Gasteiger partial charge < -0.3 is 14.5 Å². The van der Waals surface area contributed by atoms with Crippen LogP contribution in [0.4, 0.5) is 11.4 Å². The van der Waals surface area contributed by atoms with Gasteiger partial charge >= 0.3 is 5.97 Å². The SMILES string of the molecule is CC(=O)Oc1ccc(N2CC(CN3CCN(c4ccc5c(c4)C(=O)N(C4CCC(=O)NC4=O)C5=O)CC3)C2)cc1. The number of imide groups is 2. The maximum Gasteiger partial charge on any atom is 0.308 e. The molecule has 6 rings (SSSR count). The number of nitrogens with one attached hydrogen (secondary N) is 1. The second kappa shape index (κ2) is 10.4. The van der Waals surface area contributed by atoms with Crippen molar-refractivity contribution in [3.05, 3.63) is 53.6 Å². The molecule has 2 aromatic carbocycles. The van der Waals surface area contributed by atoms with Crippen LogP contribution in [0.5, 0.6) is 5.75 Å². The largest absolute Gasteiger partial charge is 0.427 e. The molecule has 208 valence electrons. The molecule has 0 aromatic heterocycles. The third-order valence-electron chi connectivity index (χ3n) is 8.10. The van der Waals surface area contributed by atoms with E-state index in [2.05, 4.69) is 20.0 Å². The molecule has 2 aromatic rings. The average molecular weight is 546 g/mol. The Morgan fingerprint density at radius 3 is 2.23 bits per heavy atom. The molecule has 0 bridgehead atoms. The highest BCUT2D eigenvalue weighted by Gasteiger charge is 2.44. The first-order valence-corrected chi connectivity index (χ1v) is 13.6. The maximum atomic E-state index is 13.2. The van der Waals surface area contributed by atoms with Crippen molar-refractivity contribution in [1.82, 2.24) is 15.1 Å². The van der Waals surface area contributed by atoms with E-state index in [0.29, 0.717) is 22.8 Å². The highest BCUT2D eigenvalue weighted by Crippen LogP contribution is 2.32. The lowest BCUT2D eigenvalue weighted by molar-refractivity contribution is -0.136. The predicted molar refractivity (Wildman–Crippen MR) is 145 cm³/mol. The Balaban J connectivity index is 1.01. The van der Waals surface area contributed by atoms with E-state index in [1.807, 2.05) is 30.3 Å². The van der Waals surface area contributed by atoms with Crippen molar-refractivity contribution in [2.75, 3.05) is 55.6 Å². The summed E-state index contributed by atoms with van der Waals surface area (Å²) in [4.78, 5) is 69.0. The molecule has 11 heteroatoms. The summed E-state index contributed by atoms with van der Waals surface area (Å²) in [7, 11) is 0. The summed E-state index contributed by atoms with van der Waals surface area (Å²) in [5, 5.41) is 2.23. The quantitative estimate of drug-likeness (QED) is 0.325. The zero-order valence-electron chi connectivity index (χ0n) is 22.3. The van der Waals surface area contributed by atoms with Crippen molar-refractivity contribution in [3.8, 4) is 5.75 Å². The number of hydrogen-bond acceptors (Lipinski definition) is 9. The van der Waals surface area contributed by atoms with Crippen molar-refractivity contribution in [2.45, 2.75) is 25.8 Å². The van der Waals surface area contributed by atoms with Crippen molar-refractivity contribution in [1.29, 1.82) is 0 Å². The normalized spacial score (nSPS) is 21.8. The van der Waals surface area contributed by atoms with E-state index in [4.69, 9.17) is 4.74 Å². The molecule has 1 atom stereocenters. The Hall–Kier alpha value is -4.25. The van der Waals surface area contributed by atoms with Gasteiger partial charge in [-0.3, -0.25) is 39.1 Å². The molecule has 0 saturated carbocycles. The van der Waals surface area contributed by atoms with Gasteiger partial charge in [0.15, 0.2) is 0 Å². The minimum Gasteiger partial charge on any atom is -0.427 e. The van der Waals surface area contributed by atoms with Crippen LogP contribution >= 0.6 is 0 Å². The molecular formula is C29H31N5O6. The number of carbonyl (C=O) groups excluding carboxylic acids is 5. The highest BCUT2D eigenvalue weighted by atomic mass is 16.5. The molecule has 1 N–H and O–H groups in total. The maximum absolute atomic E-state index is 13.2. The van der Waals surface area contributed by atoms with Crippen molar-refractivity contribution < 1.29 is 28.7 Å². The fraction of sp³-hybridized carbons (Fsp3) is 0.414. The number of piperazine rings is 1. The van der Waals surface area contributed by atoms with Crippen LogP contribution in [0.3, 0.4) is 0 Å². The minimum absolute atomic E-state index is 0.100. The lowest BCUT2D eigenvalue weighted by Crippen LogP contribution is -2.55. The van der Waals surface area contributed by atoms with Gasteiger partial charge in [-0.25, -0.2) is 0 Å². The molecule has 0 aliphatic carbocycles. The number of hydrogen-bond donors (Lipinski definition) is 1. The molecule has 4 aliphatic heterocycles. The number of esters is 1. The van der Waals surface area contributed by atoms with Crippen LogP contribution in [0, 0.1) is 5.92 Å². The molecule has 40 heavy (non-hydrogen) atoms. The molecule has 4 amide bonds. The fourth-order valence-electron chi connectivity index (χ4n) is 6.00. The van der Waals surface area contributed by atoms with Gasteiger partial charge in [-0.2, -0.15) is 0 Å². The molecule has 1 unspecified atom stereocenters. The number of benzene rings is 2. The van der Waals surface area contributed by atoms with Crippen LogP contribution in [0.15, 0.2) is 42.5 Å². The summed E-state index contributed by atoms with van der Waals surface area (Å²) < 4.78 is 5.10. The van der Waals surface area contributed by atoms with Gasteiger partial charge in [-0.05, 0) is 48.9 Å². The monoisotopic (exact) mass is 545 g/mol. The molecule has 4 heterocycles. The Kier molecular flexibility index (Phi) is 6.75. The zero-order valence-corrected chi connectivity index (χ0v) is 22.3. The van der Waals surface area contributed by atoms with E-state index in [1.54, 1.807) is 12.1 Å². The van der Waals surface area contributed by atoms with Crippen molar-refractivity contribution in [2.24, 2.45) is 5.92 Å².